The topological polar surface area (TPSA) is 58.2 Å². The van der Waals surface area contributed by atoms with Crippen molar-refractivity contribution in [3.05, 3.63) is 64.2 Å². The predicted octanol–water partition coefficient (Wildman–Crippen LogP) is 3.33. The molecular weight excluding hydrogens is 300 g/mol. The standard InChI is InChI=1S/C17H17ClN2O2/c1-11-7-8-15(12(2)9-11)20-16(21)10-19-17(22)13-5-3-4-6-14(13)18/h3-9H,10H2,1-2H3,(H,19,22)(H,20,21). The van der Waals surface area contributed by atoms with Crippen LogP contribution in [0.25, 0.3) is 0 Å². The van der Waals surface area contributed by atoms with Gasteiger partial charge in [-0.15, -0.1) is 0 Å². The van der Waals surface area contributed by atoms with E-state index in [1.54, 1.807) is 24.3 Å². The lowest BCUT2D eigenvalue weighted by molar-refractivity contribution is -0.115. The third-order valence-electron chi connectivity index (χ3n) is 3.18. The zero-order valence-electron chi connectivity index (χ0n) is 12.4. The summed E-state index contributed by atoms with van der Waals surface area (Å²) in [6.45, 7) is 3.80. The quantitative estimate of drug-likeness (QED) is 0.909. The van der Waals surface area contributed by atoms with Gasteiger partial charge in [-0.25, -0.2) is 0 Å². The van der Waals surface area contributed by atoms with E-state index in [0.29, 0.717) is 10.6 Å². The second-order valence-electron chi connectivity index (χ2n) is 5.03. The molecule has 0 unspecified atom stereocenters. The molecule has 4 nitrogen and oxygen atoms in total. The second kappa shape index (κ2) is 7.09. The molecule has 22 heavy (non-hydrogen) atoms. The Balaban J connectivity index is 1.93. The van der Waals surface area contributed by atoms with E-state index in [1.165, 1.54) is 0 Å². The summed E-state index contributed by atoms with van der Waals surface area (Å²) < 4.78 is 0. The van der Waals surface area contributed by atoms with Gasteiger partial charge in [-0.05, 0) is 37.6 Å². The summed E-state index contributed by atoms with van der Waals surface area (Å²) in [7, 11) is 0. The summed E-state index contributed by atoms with van der Waals surface area (Å²) in [6, 6.07) is 12.5. The van der Waals surface area contributed by atoms with Crippen molar-refractivity contribution in [3.8, 4) is 0 Å². The molecule has 0 radical (unpaired) electrons. The van der Waals surface area contributed by atoms with E-state index in [1.807, 2.05) is 32.0 Å². The van der Waals surface area contributed by atoms with E-state index in [9.17, 15) is 9.59 Å². The first-order valence-electron chi connectivity index (χ1n) is 6.87. The maximum Gasteiger partial charge on any atom is 0.253 e. The first-order valence-corrected chi connectivity index (χ1v) is 7.25. The number of nitrogens with one attached hydrogen (secondary N) is 2. The van der Waals surface area contributed by atoms with Crippen molar-refractivity contribution in [2.45, 2.75) is 13.8 Å². The molecular formula is C17H17ClN2O2. The monoisotopic (exact) mass is 316 g/mol. The van der Waals surface area contributed by atoms with Crippen LogP contribution in [0, 0.1) is 13.8 Å². The van der Waals surface area contributed by atoms with Crippen molar-refractivity contribution < 1.29 is 9.59 Å². The van der Waals surface area contributed by atoms with E-state index < -0.39 is 0 Å². The smallest absolute Gasteiger partial charge is 0.253 e. The van der Waals surface area contributed by atoms with Crippen molar-refractivity contribution in [1.82, 2.24) is 5.32 Å². The van der Waals surface area contributed by atoms with Crippen LogP contribution in [-0.4, -0.2) is 18.4 Å². The summed E-state index contributed by atoms with van der Waals surface area (Å²) in [4.78, 5) is 23.9. The average Bonchev–Trinajstić information content (AvgIpc) is 2.48. The molecule has 2 N–H and O–H groups in total. The largest absolute Gasteiger partial charge is 0.343 e. The summed E-state index contributed by atoms with van der Waals surface area (Å²) in [6.07, 6.45) is 0. The Morgan fingerprint density at radius 1 is 1.09 bits per heavy atom. The van der Waals surface area contributed by atoms with Crippen LogP contribution in [0.1, 0.15) is 21.5 Å². The Labute approximate surface area is 134 Å². The molecule has 2 rings (SSSR count). The van der Waals surface area contributed by atoms with Crippen molar-refractivity contribution in [2.24, 2.45) is 0 Å². The molecule has 0 heterocycles. The third kappa shape index (κ3) is 4.09. The van der Waals surface area contributed by atoms with Crippen molar-refractivity contribution in [3.63, 3.8) is 0 Å². The lowest BCUT2D eigenvalue weighted by atomic mass is 10.1. The van der Waals surface area contributed by atoms with Gasteiger partial charge in [0.2, 0.25) is 5.91 Å². The molecule has 114 valence electrons. The van der Waals surface area contributed by atoms with Crippen LogP contribution in [-0.2, 0) is 4.79 Å². The highest BCUT2D eigenvalue weighted by Crippen LogP contribution is 2.16. The maximum atomic E-state index is 12.0. The number of carbonyl (C=O) groups is 2. The van der Waals surface area contributed by atoms with E-state index in [0.717, 1.165) is 16.8 Å². The van der Waals surface area contributed by atoms with Gasteiger partial charge in [0.1, 0.15) is 0 Å². The average molecular weight is 317 g/mol. The molecule has 0 saturated carbocycles. The normalized spacial score (nSPS) is 10.1. The second-order valence-corrected chi connectivity index (χ2v) is 5.44. The SMILES string of the molecule is Cc1ccc(NC(=O)CNC(=O)c2ccccc2Cl)c(C)c1. The number of rotatable bonds is 4. The number of anilines is 1. The zero-order valence-corrected chi connectivity index (χ0v) is 13.2. The number of hydrogen-bond acceptors (Lipinski definition) is 2. The van der Waals surface area contributed by atoms with Gasteiger partial charge in [0.15, 0.2) is 0 Å². The van der Waals surface area contributed by atoms with Crippen LogP contribution in [0.15, 0.2) is 42.5 Å². The third-order valence-corrected chi connectivity index (χ3v) is 3.51. The van der Waals surface area contributed by atoms with Crippen molar-refractivity contribution in [1.29, 1.82) is 0 Å². The number of carbonyl (C=O) groups excluding carboxylic acids is 2. The fourth-order valence-electron chi connectivity index (χ4n) is 2.05. The van der Waals surface area contributed by atoms with Gasteiger partial charge < -0.3 is 10.6 Å². The molecule has 0 aliphatic rings. The van der Waals surface area contributed by atoms with E-state index in [4.69, 9.17) is 11.6 Å². The molecule has 5 heteroatoms. The summed E-state index contributed by atoms with van der Waals surface area (Å²) >= 11 is 5.94. The fourth-order valence-corrected chi connectivity index (χ4v) is 2.27. The lowest BCUT2D eigenvalue weighted by Gasteiger charge is -2.10. The summed E-state index contributed by atoms with van der Waals surface area (Å²) in [5.41, 5.74) is 3.19. The van der Waals surface area contributed by atoms with Crippen LogP contribution in [0.4, 0.5) is 5.69 Å². The number of benzene rings is 2. The van der Waals surface area contributed by atoms with E-state index >= 15 is 0 Å². The highest BCUT2D eigenvalue weighted by atomic mass is 35.5. The molecule has 0 atom stereocenters. The Morgan fingerprint density at radius 3 is 2.50 bits per heavy atom. The Morgan fingerprint density at radius 2 is 1.82 bits per heavy atom. The fraction of sp³-hybridized carbons (Fsp3) is 0.176. The van der Waals surface area contributed by atoms with Gasteiger partial charge in [0.25, 0.3) is 5.91 Å². The number of halogens is 1. The molecule has 0 aliphatic heterocycles. The Hall–Kier alpha value is -2.33. The highest BCUT2D eigenvalue weighted by Gasteiger charge is 2.11. The van der Waals surface area contributed by atoms with Crippen LogP contribution in [0.5, 0.6) is 0 Å². The predicted molar refractivity (Wildman–Crippen MR) is 88.3 cm³/mol. The molecule has 0 aromatic heterocycles. The van der Waals surface area contributed by atoms with Gasteiger partial charge in [-0.2, -0.15) is 0 Å². The van der Waals surface area contributed by atoms with Crippen molar-refractivity contribution in [2.75, 3.05) is 11.9 Å². The molecule has 2 aromatic rings. The number of aryl methyl sites for hydroxylation is 2. The molecule has 0 spiro atoms. The van der Waals surface area contributed by atoms with E-state index in [2.05, 4.69) is 10.6 Å². The van der Waals surface area contributed by atoms with Gasteiger partial charge in [-0.1, -0.05) is 41.4 Å². The zero-order chi connectivity index (χ0) is 16.1. The van der Waals surface area contributed by atoms with E-state index in [-0.39, 0.29) is 18.4 Å². The number of amides is 2. The van der Waals surface area contributed by atoms with Gasteiger partial charge in [0, 0.05) is 5.69 Å². The highest BCUT2D eigenvalue weighted by molar-refractivity contribution is 6.33. The first-order chi connectivity index (χ1) is 10.5. The van der Waals surface area contributed by atoms with Gasteiger partial charge >= 0.3 is 0 Å². The molecule has 2 aromatic carbocycles. The Bertz CT molecular complexity index is 714. The van der Waals surface area contributed by atoms with Crippen molar-refractivity contribution >= 4 is 29.1 Å². The minimum Gasteiger partial charge on any atom is -0.343 e. The lowest BCUT2D eigenvalue weighted by Crippen LogP contribution is -2.33. The first kappa shape index (κ1) is 16.0. The van der Waals surface area contributed by atoms with Crippen LogP contribution >= 0.6 is 11.6 Å². The minimum absolute atomic E-state index is 0.114. The molecule has 0 bridgehead atoms. The molecule has 2 amide bonds. The summed E-state index contributed by atoms with van der Waals surface area (Å²) in [5, 5.41) is 5.68. The van der Waals surface area contributed by atoms with Gasteiger partial charge in [-0.3, -0.25) is 9.59 Å². The molecule has 0 aliphatic carbocycles. The van der Waals surface area contributed by atoms with Crippen LogP contribution < -0.4 is 10.6 Å². The molecule has 0 fully saturated rings. The molecule has 0 saturated heterocycles. The minimum atomic E-state index is -0.374. The van der Waals surface area contributed by atoms with Crippen LogP contribution in [0.2, 0.25) is 5.02 Å². The number of hydrogen-bond donors (Lipinski definition) is 2. The Kier molecular flexibility index (Phi) is 5.17. The maximum absolute atomic E-state index is 12.0. The van der Waals surface area contributed by atoms with Gasteiger partial charge in [0.05, 0.1) is 17.1 Å². The van der Waals surface area contributed by atoms with Crippen LogP contribution in [0.3, 0.4) is 0 Å². The summed E-state index contributed by atoms with van der Waals surface area (Å²) in [5.74, 6) is -0.659.